The minimum absolute atomic E-state index is 0.113. The third-order valence-corrected chi connectivity index (χ3v) is 5.55. The summed E-state index contributed by atoms with van der Waals surface area (Å²) in [7, 11) is 0. The number of carbonyl (C=O) groups excluding carboxylic acids is 1. The molecule has 0 atom stereocenters. The summed E-state index contributed by atoms with van der Waals surface area (Å²) in [6.07, 6.45) is 8.90. The highest BCUT2D eigenvalue weighted by Gasteiger charge is 2.54. The topological polar surface area (TPSA) is 68.0 Å². The Kier molecular flexibility index (Phi) is 2.56. The maximum absolute atomic E-state index is 12.8. The second-order valence-corrected chi connectivity index (χ2v) is 7.13. The molecule has 0 unspecified atom stereocenters. The van der Waals surface area contributed by atoms with Crippen LogP contribution in [0.15, 0.2) is 18.3 Å². The first-order valence-corrected chi connectivity index (χ1v) is 7.66. The number of anilines is 2. The summed E-state index contributed by atoms with van der Waals surface area (Å²) in [6, 6.07) is 3.57. The van der Waals surface area contributed by atoms with Gasteiger partial charge in [-0.1, -0.05) is 0 Å². The normalized spacial score (nSPS) is 37.9. The zero-order valence-electron chi connectivity index (χ0n) is 11.6. The molecule has 0 radical (unpaired) electrons. The second kappa shape index (κ2) is 4.21. The van der Waals surface area contributed by atoms with E-state index in [9.17, 15) is 4.79 Å². The Bertz CT molecular complexity index is 502. The van der Waals surface area contributed by atoms with Crippen LogP contribution in [0.25, 0.3) is 0 Å². The third kappa shape index (κ3) is 1.89. The van der Waals surface area contributed by atoms with Crippen LogP contribution in [-0.4, -0.2) is 10.9 Å². The van der Waals surface area contributed by atoms with Gasteiger partial charge in [0, 0.05) is 0 Å². The largest absolute Gasteiger partial charge is 0.397 e. The van der Waals surface area contributed by atoms with Crippen molar-refractivity contribution in [1.29, 1.82) is 0 Å². The summed E-state index contributed by atoms with van der Waals surface area (Å²) in [4.78, 5) is 17.0. The molecular formula is C16H21N3O. The predicted octanol–water partition coefficient (Wildman–Crippen LogP) is 2.82. The van der Waals surface area contributed by atoms with Crippen LogP contribution >= 0.6 is 0 Å². The van der Waals surface area contributed by atoms with Crippen LogP contribution in [0.2, 0.25) is 0 Å². The van der Waals surface area contributed by atoms with E-state index in [-0.39, 0.29) is 11.3 Å². The number of nitrogens with two attached hydrogens (primary N) is 1. The number of nitrogens with one attached hydrogen (secondary N) is 1. The number of pyridine rings is 1. The van der Waals surface area contributed by atoms with Crippen molar-refractivity contribution in [2.45, 2.75) is 38.5 Å². The second-order valence-electron chi connectivity index (χ2n) is 7.13. The number of nitrogen functional groups attached to an aromatic ring is 1. The maximum atomic E-state index is 12.8. The van der Waals surface area contributed by atoms with Crippen LogP contribution in [0.5, 0.6) is 0 Å². The van der Waals surface area contributed by atoms with Crippen LogP contribution in [0.1, 0.15) is 38.5 Å². The third-order valence-electron chi connectivity index (χ3n) is 5.55. The van der Waals surface area contributed by atoms with Gasteiger partial charge in [-0.2, -0.15) is 0 Å². The molecule has 1 amide bonds. The summed E-state index contributed by atoms with van der Waals surface area (Å²) < 4.78 is 0. The molecule has 4 saturated carbocycles. The van der Waals surface area contributed by atoms with Crippen molar-refractivity contribution in [2.75, 3.05) is 11.1 Å². The van der Waals surface area contributed by atoms with E-state index in [4.69, 9.17) is 5.73 Å². The predicted molar refractivity (Wildman–Crippen MR) is 77.9 cm³/mol. The highest BCUT2D eigenvalue weighted by atomic mass is 16.2. The number of amides is 1. The molecule has 4 fully saturated rings. The van der Waals surface area contributed by atoms with Gasteiger partial charge in [0.1, 0.15) is 5.82 Å². The fraction of sp³-hybridized carbons (Fsp3) is 0.625. The molecule has 4 aliphatic carbocycles. The van der Waals surface area contributed by atoms with Gasteiger partial charge in [-0.15, -0.1) is 0 Å². The Hall–Kier alpha value is -1.58. The van der Waals surface area contributed by atoms with Crippen molar-refractivity contribution in [2.24, 2.45) is 23.2 Å². The summed E-state index contributed by atoms with van der Waals surface area (Å²) in [5, 5.41) is 3.02. The van der Waals surface area contributed by atoms with E-state index in [1.165, 1.54) is 19.3 Å². The van der Waals surface area contributed by atoms with Crippen molar-refractivity contribution in [1.82, 2.24) is 4.98 Å². The van der Waals surface area contributed by atoms with E-state index in [0.717, 1.165) is 37.0 Å². The number of aromatic nitrogens is 1. The summed E-state index contributed by atoms with van der Waals surface area (Å²) >= 11 is 0. The molecule has 4 bridgehead atoms. The van der Waals surface area contributed by atoms with Gasteiger partial charge < -0.3 is 11.1 Å². The van der Waals surface area contributed by atoms with Crippen LogP contribution in [0, 0.1) is 23.2 Å². The maximum Gasteiger partial charge on any atom is 0.231 e. The van der Waals surface area contributed by atoms with Gasteiger partial charge in [0.15, 0.2) is 0 Å². The molecule has 1 aromatic rings. The molecule has 0 spiro atoms. The average molecular weight is 271 g/mol. The molecule has 0 aliphatic heterocycles. The lowest BCUT2D eigenvalue weighted by molar-refractivity contribution is -0.140. The Morgan fingerprint density at radius 3 is 2.25 bits per heavy atom. The van der Waals surface area contributed by atoms with Gasteiger partial charge >= 0.3 is 0 Å². The minimum Gasteiger partial charge on any atom is -0.397 e. The Labute approximate surface area is 119 Å². The fourth-order valence-electron chi connectivity index (χ4n) is 5.12. The van der Waals surface area contributed by atoms with Gasteiger partial charge in [-0.25, -0.2) is 4.98 Å². The van der Waals surface area contributed by atoms with E-state index < -0.39 is 0 Å². The molecule has 4 nitrogen and oxygen atoms in total. The molecule has 1 aromatic heterocycles. The standard InChI is InChI=1S/C16H21N3O/c17-13-1-2-14(18-9-13)19-15(20)16-6-10-3-11(7-16)5-12(4-10)8-16/h1-2,9-12H,3-8,17H2,(H,18,19,20). The summed E-state index contributed by atoms with van der Waals surface area (Å²) in [6.45, 7) is 0. The van der Waals surface area contributed by atoms with Crippen LogP contribution in [0.3, 0.4) is 0 Å². The number of hydrogen-bond donors (Lipinski definition) is 2. The van der Waals surface area contributed by atoms with Gasteiger partial charge in [0.05, 0.1) is 17.3 Å². The molecule has 1 heterocycles. The molecule has 4 aliphatic rings. The number of rotatable bonds is 2. The fourth-order valence-corrected chi connectivity index (χ4v) is 5.12. The van der Waals surface area contributed by atoms with Crippen molar-refractivity contribution < 1.29 is 4.79 Å². The SMILES string of the molecule is Nc1ccc(NC(=O)C23CC4CC(CC(C4)C2)C3)nc1. The molecule has 20 heavy (non-hydrogen) atoms. The van der Waals surface area contributed by atoms with Gasteiger partial charge in [-0.05, 0) is 68.4 Å². The van der Waals surface area contributed by atoms with E-state index in [2.05, 4.69) is 10.3 Å². The summed E-state index contributed by atoms with van der Waals surface area (Å²) in [5.74, 6) is 3.16. The zero-order chi connectivity index (χ0) is 13.7. The molecular weight excluding hydrogens is 250 g/mol. The van der Waals surface area contributed by atoms with E-state index in [0.29, 0.717) is 11.5 Å². The van der Waals surface area contributed by atoms with Crippen LogP contribution in [-0.2, 0) is 4.79 Å². The highest BCUT2D eigenvalue weighted by Crippen LogP contribution is 2.60. The lowest BCUT2D eigenvalue weighted by Crippen LogP contribution is -2.51. The number of hydrogen-bond acceptors (Lipinski definition) is 3. The minimum atomic E-state index is -0.113. The monoisotopic (exact) mass is 271 g/mol. The quantitative estimate of drug-likeness (QED) is 0.869. The lowest BCUT2D eigenvalue weighted by atomic mass is 9.49. The highest BCUT2D eigenvalue weighted by molar-refractivity contribution is 5.95. The first kappa shape index (κ1) is 12.2. The lowest BCUT2D eigenvalue weighted by Gasteiger charge is -2.55. The number of carbonyl (C=O) groups is 1. The zero-order valence-corrected chi connectivity index (χ0v) is 11.6. The molecule has 3 N–H and O–H groups in total. The smallest absolute Gasteiger partial charge is 0.231 e. The Morgan fingerprint density at radius 2 is 1.75 bits per heavy atom. The van der Waals surface area contributed by atoms with Crippen molar-refractivity contribution in [3.63, 3.8) is 0 Å². The van der Waals surface area contributed by atoms with Crippen LogP contribution in [0.4, 0.5) is 11.5 Å². The van der Waals surface area contributed by atoms with E-state index in [1.807, 2.05) is 0 Å². The molecule has 0 saturated heterocycles. The molecule has 4 heteroatoms. The van der Waals surface area contributed by atoms with E-state index in [1.54, 1.807) is 18.3 Å². The van der Waals surface area contributed by atoms with Crippen LogP contribution < -0.4 is 11.1 Å². The average Bonchev–Trinajstić information content (AvgIpc) is 2.40. The first-order valence-electron chi connectivity index (χ1n) is 7.66. The Morgan fingerprint density at radius 1 is 1.15 bits per heavy atom. The van der Waals surface area contributed by atoms with Gasteiger partial charge in [0.25, 0.3) is 0 Å². The molecule has 0 aromatic carbocycles. The van der Waals surface area contributed by atoms with Crippen molar-refractivity contribution in [3.8, 4) is 0 Å². The first-order chi connectivity index (χ1) is 9.63. The summed E-state index contributed by atoms with van der Waals surface area (Å²) in [5.41, 5.74) is 6.14. The number of nitrogens with zero attached hydrogens (tertiary/aromatic N) is 1. The van der Waals surface area contributed by atoms with Gasteiger partial charge in [0.2, 0.25) is 5.91 Å². The Balaban J connectivity index is 1.54. The van der Waals surface area contributed by atoms with Crippen molar-refractivity contribution >= 4 is 17.4 Å². The van der Waals surface area contributed by atoms with Gasteiger partial charge in [-0.3, -0.25) is 4.79 Å². The molecule has 5 rings (SSSR count). The molecule has 106 valence electrons. The van der Waals surface area contributed by atoms with Crippen molar-refractivity contribution in [3.05, 3.63) is 18.3 Å². The van der Waals surface area contributed by atoms with E-state index >= 15 is 0 Å².